The van der Waals surface area contributed by atoms with E-state index in [1.807, 2.05) is 0 Å². The number of rotatable bonds is 4. The van der Waals surface area contributed by atoms with Gasteiger partial charge in [0, 0.05) is 16.9 Å². The van der Waals surface area contributed by atoms with Gasteiger partial charge in [-0.15, -0.1) is 11.7 Å². The number of pyridine rings is 1. The zero-order chi connectivity index (χ0) is 13.0. The van der Waals surface area contributed by atoms with Gasteiger partial charge in [0.15, 0.2) is 0 Å². The molecule has 0 saturated heterocycles. The number of tetrazole rings is 1. The number of halogens is 1. The van der Waals surface area contributed by atoms with Crippen LogP contribution in [-0.2, 0) is 6.54 Å². The molecule has 0 unspecified atom stereocenters. The molecule has 7 nitrogen and oxygen atoms in total. The zero-order valence-electron chi connectivity index (χ0n) is 9.25. The summed E-state index contributed by atoms with van der Waals surface area (Å²) in [5.41, 5.74) is 0.407. The Labute approximate surface area is 111 Å². The Morgan fingerprint density at radius 1 is 1.56 bits per heavy atom. The minimum atomic E-state index is -0.345. The van der Waals surface area contributed by atoms with Crippen molar-refractivity contribution in [2.45, 2.75) is 6.54 Å². The van der Waals surface area contributed by atoms with E-state index in [9.17, 15) is 4.79 Å². The normalized spacial score (nSPS) is 10.1. The smallest absolute Gasteiger partial charge is 0.270 e. The Bertz CT molecular complexity index is 581. The van der Waals surface area contributed by atoms with Gasteiger partial charge < -0.3 is 0 Å². The van der Waals surface area contributed by atoms with E-state index in [0.29, 0.717) is 12.1 Å². The van der Waals surface area contributed by atoms with Gasteiger partial charge in [-0.05, 0) is 27.2 Å². The average Bonchev–Trinajstić information content (AvgIpc) is 2.77. The highest BCUT2D eigenvalue weighted by Gasteiger charge is 2.10. The lowest BCUT2D eigenvalue weighted by atomic mass is 10.3. The number of amides is 1. The molecule has 0 atom stereocenters. The third-order valence-corrected chi connectivity index (χ3v) is 2.37. The Kier molecular flexibility index (Phi) is 3.78. The monoisotopic (exact) mass is 308 g/mol. The van der Waals surface area contributed by atoms with Crippen molar-refractivity contribution in [2.75, 3.05) is 5.32 Å². The highest BCUT2D eigenvalue weighted by molar-refractivity contribution is 9.10. The van der Waals surface area contributed by atoms with Crippen LogP contribution in [0.4, 0.5) is 5.95 Å². The minimum Gasteiger partial charge on any atom is -0.288 e. The topological polar surface area (TPSA) is 85.6 Å². The van der Waals surface area contributed by atoms with Crippen molar-refractivity contribution in [3.63, 3.8) is 0 Å². The first-order valence-corrected chi connectivity index (χ1v) is 5.79. The molecule has 0 radical (unpaired) electrons. The van der Waals surface area contributed by atoms with Crippen LogP contribution in [0.1, 0.15) is 10.4 Å². The fourth-order valence-corrected chi connectivity index (χ4v) is 1.56. The van der Waals surface area contributed by atoms with Crippen molar-refractivity contribution in [3.05, 3.63) is 41.2 Å². The molecule has 0 aliphatic rings. The number of allylic oxidation sites excluding steroid dienone is 1. The van der Waals surface area contributed by atoms with Gasteiger partial charge in [-0.25, -0.2) is 0 Å². The summed E-state index contributed by atoms with van der Waals surface area (Å²) >= 11 is 3.24. The van der Waals surface area contributed by atoms with Gasteiger partial charge in [-0.3, -0.25) is 15.1 Å². The lowest BCUT2D eigenvalue weighted by Crippen LogP contribution is -2.13. The standard InChI is InChI=1S/C10H9BrN6O/c1-2-3-17-15-10(14-16-17)13-9(18)7-4-8(11)6-12-5-7/h2,4-6H,1,3H2,(H,13,15,18). The average molecular weight is 309 g/mol. The Hall–Kier alpha value is -2.09. The summed E-state index contributed by atoms with van der Waals surface area (Å²) in [5.74, 6) is -0.205. The molecule has 2 heterocycles. The van der Waals surface area contributed by atoms with Crippen molar-refractivity contribution in [2.24, 2.45) is 0 Å². The molecule has 0 fully saturated rings. The van der Waals surface area contributed by atoms with E-state index in [2.05, 4.69) is 48.2 Å². The molecular formula is C10H9BrN6O. The fourth-order valence-electron chi connectivity index (χ4n) is 1.20. The van der Waals surface area contributed by atoms with Gasteiger partial charge in [0.2, 0.25) is 0 Å². The maximum Gasteiger partial charge on any atom is 0.270 e. The van der Waals surface area contributed by atoms with Crippen molar-refractivity contribution in [1.82, 2.24) is 25.2 Å². The van der Waals surface area contributed by atoms with E-state index in [1.165, 1.54) is 11.0 Å². The molecule has 2 aromatic heterocycles. The van der Waals surface area contributed by atoms with E-state index in [4.69, 9.17) is 0 Å². The van der Waals surface area contributed by atoms with Crippen LogP contribution in [0.25, 0.3) is 0 Å². The first kappa shape index (κ1) is 12.4. The highest BCUT2D eigenvalue weighted by Crippen LogP contribution is 2.10. The number of aromatic nitrogens is 5. The van der Waals surface area contributed by atoms with Crippen LogP contribution in [-0.4, -0.2) is 31.1 Å². The van der Waals surface area contributed by atoms with Crippen LogP contribution in [0, 0.1) is 0 Å². The number of carbonyl (C=O) groups excluding carboxylic acids is 1. The first-order valence-electron chi connectivity index (χ1n) is 4.99. The molecular weight excluding hydrogens is 300 g/mol. The van der Waals surface area contributed by atoms with Crippen LogP contribution in [0.5, 0.6) is 0 Å². The number of anilines is 1. The molecule has 92 valence electrons. The molecule has 0 aromatic carbocycles. The first-order chi connectivity index (χ1) is 8.69. The molecule has 1 N–H and O–H groups in total. The third-order valence-electron chi connectivity index (χ3n) is 1.94. The minimum absolute atomic E-state index is 0.141. The summed E-state index contributed by atoms with van der Waals surface area (Å²) in [5, 5.41) is 13.9. The van der Waals surface area contributed by atoms with Gasteiger partial charge in [0.1, 0.15) is 0 Å². The third kappa shape index (κ3) is 2.98. The molecule has 2 aromatic rings. The molecule has 0 aliphatic carbocycles. The van der Waals surface area contributed by atoms with E-state index in [1.54, 1.807) is 18.3 Å². The molecule has 0 saturated carbocycles. The quantitative estimate of drug-likeness (QED) is 0.860. The lowest BCUT2D eigenvalue weighted by Gasteiger charge is -2.00. The van der Waals surface area contributed by atoms with Crippen molar-refractivity contribution < 1.29 is 4.79 Å². The second-order valence-electron chi connectivity index (χ2n) is 3.30. The molecule has 2 rings (SSSR count). The number of nitrogens with zero attached hydrogens (tertiary/aromatic N) is 5. The summed E-state index contributed by atoms with van der Waals surface area (Å²) in [6.45, 7) is 3.99. The van der Waals surface area contributed by atoms with Crippen molar-refractivity contribution in [3.8, 4) is 0 Å². The van der Waals surface area contributed by atoms with Crippen LogP contribution in [0.3, 0.4) is 0 Å². The van der Waals surface area contributed by atoms with Crippen LogP contribution in [0.15, 0.2) is 35.6 Å². The molecule has 1 amide bonds. The highest BCUT2D eigenvalue weighted by atomic mass is 79.9. The van der Waals surface area contributed by atoms with E-state index >= 15 is 0 Å². The molecule has 0 bridgehead atoms. The molecule has 0 aliphatic heterocycles. The Morgan fingerprint density at radius 2 is 2.39 bits per heavy atom. The van der Waals surface area contributed by atoms with Crippen molar-refractivity contribution >= 4 is 27.8 Å². The van der Waals surface area contributed by atoms with Gasteiger partial charge in [-0.2, -0.15) is 4.80 Å². The summed E-state index contributed by atoms with van der Waals surface area (Å²) in [4.78, 5) is 17.0. The number of carbonyl (C=O) groups is 1. The maximum atomic E-state index is 11.8. The fraction of sp³-hybridized carbons (Fsp3) is 0.100. The molecule has 0 spiro atoms. The lowest BCUT2D eigenvalue weighted by molar-refractivity contribution is 0.102. The summed E-state index contributed by atoms with van der Waals surface area (Å²) in [6.07, 6.45) is 4.68. The van der Waals surface area contributed by atoms with E-state index in [0.717, 1.165) is 4.47 Å². The van der Waals surface area contributed by atoms with Gasteiger partial charge in [0.25, 0.3) is 11.9 Å². The Balaban J connectivity index is 2.08. The van der Waals surface area contributed by atoms with Gasteiger partial charge in [0.05, 0.1) is 12.1 Å². The Morgan fingerprint density at radius 3 is 3.11 bits per heavy atom. The predicted octanol–water partition coefficient (Wildman–Crippen LogP) is 1.27. The largest absolute Gasteiger partial charge is 0.288 e. The number of hydrogen-bond acceptors (Lipinski definition) is 5. The second kappa shape index (κ2) is 5.50. The summed E-state index contributed by atoms with van der Waals surface area (Å²) in [7, 11) is 0. The maximum absolute atomic E-state index is 11.8. The van der Waals surface area contributed by atoms with Crippen molar-refractivity contribution in [1.29, 1.82) is 0 Å². The summed E-state index contributed by atoms with van der Waals surface area (Å²) < 4.78 is 0.721. The van der Waals surface area contributed by atoms with Gasteiger partial charge >= 0.3 is 0 Å². The van der Waals surface area contributed by atoms with Crippen LogP contribution >= 0.6 is 15.9 Å². The van der Waals surface area contributed by atoms with E-state index in [-0.39, 0.29) is 11.9 Å². The predicted molar refractivity (Wildman–Crippen MR) is 67.9 cm³/mol. The summed E-state index contributed by atoms with van der Waals surface area (Å²) in [6, 6.07) is 1.65. The molecule has 8 heteroatoms. The number of hydrogen-bond donors (Lipinski definition) is 1. The van der Waals surface area contributed by atoms with Crippen LogP contribution in [0.2, 0.25) is 0 Å². The number of nitrogens with one attached hydrogen (secondary N) is 1. The molecule has 18 heavy (non-hydrogen) atoms. The van der Waals surface area contributed by atoms with Gasteiger partial charge in [-0.1, -0.05) is 11.2 Å². The van der Waals surface area contributed by atoms with Crippen LogP contribution < -0.4 is 5.32 Å². The van der Waals surface area contributed by atoms with E-state index < -0.39 is 0 Å². The zero-order valence-corrected chi connectivity index (χ0v) is 10.8. The SMILES string of the molecule is C=CCn1nnc(NC(=O)c2cncc(Br)c2)n1. The second-order valence-corrected chi connectivity index (χ2v) is 4.22.